The van der Waals surface area contributed by atoms with E-state index in [-0.39, 0.29) is 5.60 Å². The van der Waals surface area contributed by atoms with Gasteiger partial charge in [0.15, 0.2) is 0 Å². The lowest BCUT2D eigenvalue weighted by atomic mass is 10.0. The molecule has 2 N–H and O–H groups in total. The molecule has 1 aromatic heterocycles. The Morgan fingerprint density at radius 3 is 2.47 bits per heavy atom. The molecule has 0 unspecified atom stereocenters. The molecule has 4 heteroatoms. The quantitative estimate of drug-likeness (QED) is 0.915. The Labute approximate surface area is 113 Å². The van der Waals surface area contributed by atoms with Crippen LogP contribution in [0.5, 0.6) is 0 Å². The van der Waals surface area contributed by atoms with E-state index in [9.17, 15) is 0 Å². The lowest BCUT2D eigenvalue weighted by molar-refractivity contribution is 0.0807. The van der Waals surface area contributed by atoms with Crippen molar-refractivity contribution in [3.63, 3.8) is 0 Å². The number of aryl methyl sites for hydroxylation is 1. The van der Waals surface area contributed by atoms with Crippen molar-refractivity contribution < 1.29 is 4.74 Å². The zero-order valence-electron chi connectivity index (χ0n) is 11.4. The first-order valence-corrected chi connectivity index (χ1v) is 6.56. The molecule has 0 saturated heterocycles. The van der Waals surface area contributed by atoms with Crippen LogP contribution in [-0.2, 0) is 18.2 Å². The standard InChI is InChI=1S/C15H19N3O/c1-18-14(16)9-13(17-18)12-5-3-11(4-6-12)10-15(19-2)7-8-15/h3-6,9H,7-8,10,16H2,1-2H3. The maximum absolute atomic E-state index is 5.80. The summed E-state index contributed by atoms with van der Waals surface area (Å²) in [5.41, 5.74) is 9.23. The molecule has 2 aromatic rings. The number of hydrogen-bond donors (Lipinski definition) is 1. The van der Waals surface area contributed by atoms with Crippen molar-refractivity contribution in [1.29, 1.82) is 0 Å². The van der Waals surface area contributed by atoms with Crippen molar-refractivity contribution in [1.82, 2.24) is 9.78 Å². The average Bonchev–Trinajstić information content (AvgIpc) is 3.11. The van der Waals surface area contributed by atoms with Gasteiger partial charge in [-0.2, -0.15) is 5.10 Å². The van der Waals surface area contributed by atoms with E-state index in [1.54, 1.807) is 11.8 Å². The Balaban J connectivity index is 1.79. The van der Waals surface area contributed by atoms with Crippen molar-refractivity contribution in [3.05, 3.63) is 35.9 Å². The van der Waals surface area contributed by atoms with Gasteiger partial charge in [-0.3, -0.25) is 4.68 Å². The van der Waals surface area contributed by atoms with Crippen LogP contribution < -0.4 is 5.73 Å². The van der Waals surface area contributed by atoms with E-state index >= 15 is 0 Å². The van der Waals surface area contributed by atoms with Gasteiger partial charge in [-0.25, -0.2) is 0 Å². The van der Waals surface area contributed by atoms with Gasteiger partial charge in [-0.1, -0.05) is 24.3 Å². The molecule has 4 nitrogen and oxygen atoms in total. The van der Waals surface area contributed by atoms with Crippen LogP contribution in [0.1, 0.15) is 18.4 Å². The predicted molar refractivity (Wildman–Crippen MR) is 75.7 cm³/mol. The van der Waals surface area contributed by atoms with Gasteiger partial charge in [0.25, 0.3) is 0 Å². The number of methoxy groups -OCH3 is 1. The van der Waals surface area contributed by atoms with E-state index in [0.29, 0.717) is 5.82 Å². The van der Waals surface area contributed by atoms with E-state index < -0.39 is 0 Å². The first-order chi connectivity index (χ1) is 9.12. The Bertz CT molecular complexity index is 562. The maximum atomic E-state index is 5.80. The summed E-state index contributed by atoms with van der Waals surface area (Å²) in [5, 5.41) is 4.38. The molecule has 1 fully saturated rings. The fraction of sp³-hybridized carbons (Fsp3) is 0.400. The van der Waals surface area contributed by atoms with Gasteiger partial charge in [0.1, 0.15) is 5.82 Å². The zero-order chi connectivity index (χ0) is 13.5. The van der Waals surface area contributed by atoms with Crippen LogP contribution in [0.15, 0.2) is 30.3 Å². The number of benzene rings is 1. The molecular formula is C15H19N3O. The van der Waals surface area contributed by atoms with Crippen LogP contribution in [0, 0.1) is 0 Å². The Kier molecular flexibility index (Phi) is 2.82. The summed E-state index contributed by atoms with van der Waals surface area (Å²) >= 11 is 0. The van der Waals surface area contributed by atoms with Crippen molar-refractivity contribution in [2.45, 2.75) is 24.9 Å². The predicted octanol–water partition coefficient (Wildman–Crippen LogP) is 2.39. The van der Waals surface area contributed by atoms with Crippen molar-refractivity contribution in [3.8, 4) is 11.3 Å². The molecule has 1 aromatic carbocycles. The minimum atomic E-state index is 0.108. The Morgan fingerprint density at radius 2 is 2.00 bits per heavy atom. The molecular weight excluding hydrogens is 238 g/mol. The first kappa shape index (κ1) is 12.2. The SMILES string of the molecule is COC1(Cc2ccc(-c3cc(N)n(C)n3)cc2)CC1. The zero-order valence-corrected chi connectivity index (χ0v) is 11.4. The molecule has 19 heavy (non-hydrogen) atoms. The molecule has 0 spiro atoms. The lowest BCUT2D eigenvalue weighted by Crippen LogP contribution is -2.14. The van der Waals surface area contributed by atoms with Gasteiger partial charge in [-0.05, 0) is 18.4 Å². The summed E-state index contributed by atoms with van der Waals surface area (Å²) in [6.07, 6.45) is 3.33. The van der Waals surface area contributed by atoms with E-state index in [1.165, 1.54) is 18.4 Å². The fourth-order valence-electron chi connectivity index (χ4n) is 2.38. The minimum absolute atomic E-state index is 0.108. The highest BCUT2D eigenvalue weighted by molar-refractivity contribution is 5.62. The second-order valence-corrected chi connectivity index (χ2v) is 5.34. The van der Waals surface area contributed by atoms with Crippen LogP contribution in [0.25, 0.3) is 11.3 Å². The third kappa shape index (κ3) is 2.36. The molecule has 1 saturated carbocycles. The number of hydrogen-bond acceptors (Lipinski definition) is 3. The van der Waals surface area contributed by atoms with E-state index in [2.05, 4.69) is 29.4 Å². The summed E-state index contributed by atoms with van der Waals surface area (Å²) in [4.78, 5) is 0. The molecule has 0 amide bonds. The van der Waals surface area contributed by atoms with Crippen LogP contribution in [0.3, 0.4) is 0 Å². The van der Waals surface area contributed by atoms with Crippen LogP contribution in [0.2, 0.25) is 0 Å². The molecule has 1 aliphatic carbocycles. The third-order valence-electron chi connectivity index (χ3n) is 3.93. The topological polar surface area (TPSA) is 53.1 Å². The fourth-order valence-corrected chi connectivity index (χ4v) is 2.38. The molecule has 0 atom stereocenters. The summed E-state index contributed by atoms with van der Waals surface area (Å²) < 4.78 is 7.24. The molecule has 0 radical (unpaired) electrons. The number of nitrogens with two attached hydrogens (primary N) is 1. The van der Waals surface area contributed by atoms with Crippen LogP contribution in [-0.4, -0.2) is 22.5 Å². The normalized spacial score (nSPS) is 16.5. The average molecular weight is 257 g/mol. The van der Waals surface area contributed by atoms with Gasteiger partial charge in [0, 0.05) is 32.2 Å². The van der Waals surface area contributed by atoms with E-state index in [0.717, 1.165) is 17.7 Å². The van der Waals surface area contributed by atoms with Crippen molar-refractivity contribution in [2.75, 3.05) is 12.8 Å². The number of nitrogens with zero attached hydrogens (tertiary/aromatic N) is 2. The highest BCUT2D eigenvalue weighted by atomic mass is 16.5. The van der Waals surface area contributed by atoms with Gasteiger partial charge < -0.3 is 10.5 Å². The van der Waals surface area contributed by atoms with Gasteiger partial charge in [0.2, 0.25) is 0 Å². The number of rotatable bonds is 4. The van der Waals surface area contributed by atoms with E-state index in [1.807, 2.05) is 13.1 Å². The second kappa shape index (κ2) is 4.38. The molecule has 3 rings (SSSR count). The summed E-state index contributed by atoms with van der Waals surface area (Å²) in [5.74, 6) is 0.676. The third-order valence-corrected chi connectivity index (χ3v) is 3.93. The second-order valence-electron chi connectivity index (χ2n) is 5.34. The monoisotopic (exact) mass is 257 g/mol. The number of nitrogen functional groups attached to an aromatic ring is 1. The largest absolute Gasteiger partial charge is 0.384 e. The maximum Gasteiger partial charge on any atom is 0.121 e. The molecule has 0 aliphatic heterocycles. The Hall–Kier alpha value is -1.81. The molecule has 1 heterocycles. The lowest BCUT2D eigenvalue weighted by Gasteiger charge is -2.13. The number of anilines is 1. The highest BCUT2D eigenvalue weighted by Gasteiger charge is 2.42. The van der Waals surface area contributed by atoms with Crippen molar-refractivity contribution >= 4 is 5.82 Å². The van der Waals surface area contributed by atoms with Gasteiger partial charge in [-0.15, -0.1) is 0 Å². The summed E-state index contributed by atoms with van der Waals surface area (Å²) in [6, 6.07) is 10.4. The molecule has 100 valence electrons. The van der Waals surface area contributed by atoms with Gasteiger partial charge >= 0.3 is 0 Å². The van der Waals surface area contributed by atoms with Crippen LogP contribution in [0.4, 0.5) is 5.82 Å². The van der Waals surface area contributed by atoms with Crippen molar-refractivity contribution in [2.24, 2.45) is 7.05 Å². The summed E-state index contributed by atoms with van der Waals surface area (Å²) in [6.45, 7) is 0. The van der Waals surface area contributed by atoms with Gasteiger partial charge in [0.05, 0.1) is 11.3 Å². The first-order valence-electron chi connectivity index (χ1n) is 6.56. The van der Waals surface area contributed by atoms with E-state index in [4.69, 9.17) is 10.5 Å². The number of aromatic nitrogens is 2. The molecule has 1 aliphatic rings. The highest BCUT2D eigenvalue weighted by Crippen LogP contribution is 2.41. The summed E-state index contributed by atoms with van der Waals surface area (Å²) in [7, 11) is 3.65. The smallest absolute Gasteiger partial charge is 0.121 e. The number of ether oxygens (including phenoxy) is 1. The molecule has 0 bridgehead atoms. The minimum Gasteiger partial charge on any atom is -0.384 e. The Morgan fingerprint density at radius 1 is 1.32 bits per heavy atom. The van der Waals surface area contributed by atoms with Crippen LogP contribution >= 0.6 is 0 Å².